The minimum absolute atomic E-state index is 0.0726. The second-order valence-corrected chi connectivity index (χ2v) is 5.30. The molecule has 118 valence electrons. The molecule has 0 bridgehead atoms. The maximum absolute atomic E-state index is 12.8. The summed E-state index contributed by atoms with van der Waals surface area (Å²) in [5.74, 6) is 0.633. The lowest BCUT2D eigenvalue weighted by molar-refractivity contribution is -0.121. The highest BCUT2D eigenvalue weighted by molar-refractivity contribution is 5.96. The Balaban J connectivity index is 2.28. The van der Waals surface area contributed by atoms with Crippen LogP contribution in [0.3, 0.4) is 0 Å². The summed E-state index contributed by atoms with van der Waals surface area (Å²) in [7, 11) is 1.94. The molecule has 2 rings (SSSR count). The van der Waals surface area contributed by atoms with Crippen LogP contribution in [0.5, 0.6) is 0 Å². The second kappa shape index (κ2) is 7.22. The highest BCUT2D eigenvalue weighted by Gasteiger charge is 2.26. The van der Waals surface area contributed by atoms with Gasteiger partial charge in [-0.25, -0.2) is 0 Å². The predicted octanol–water partition coefficient (Wildman–Crippen LogP) is 3.18. The molecule has 22 heavy (non-hydrogen) atoms. The predicted molar refractivity (Wildman–Crippen MR) is 86.7 cm³/mol. The molecule has 1 N–H and O–H groups in total. The Kier molecular flexibility index (Phi) is 5.33. The van der Waals surface area contributed by atoms with Crippen molar-refractivity contribution in [2.24, 2.45) is 0 Å². The summed E-state index contributed by atoms with van der Waals surface area (Å²) in [6, 6.07) is 9.44. The third kappa shape index (κ3) is 3.36. The van der Waals surface area contributed by atoms with Gasteiger partial charge in [-0.3, -0.25) is 9.69 Å². The highest BCUT2D eigenvalue weighted by atomic mass is 16.5. The van der Waals surface area contributed by atoms with Crippen LogP contribution in [-0.2, 0) is 11.2 Å². The van der Waals surface area contributed by atoms with Crippen LogP contribution in [-0.4, -0.2) is 29.6 Å². The minimum atomic E-state index is -0.342. The van der Waals surface area contributed by atoms with Crippen LogP contribution < -0.4 is 5.32 Å². The Morgan fingerprint density at radius 1 is 1.32 bits per heavy atom. The summed E-state index contributed by atoms with van der Waals surface area (Å²) in [4.78, 5) is 14.8. The smallest absolute Gasteiger partial charge is 0.246 e. The van der Waals surface area contributed by atoms with Gasteiger partial charge in [0, 0.05) is 6.42 Å². The van der Waals surface area contributed by atoms with Crippen LogP contribution in [0, 0.1) is 6.92 Å². The zero-order chi connectivity index (χ0) is 16.1. The second-order valence-electron chi connectivity index (χ2n) is 5.30. The van der Waals surface area contributed by atoms with Gasteiger partial charge in [-0.05, 0) is 26.1 Å². The molecule has 5 heteroatoms. The van der Waals surface area contributed by atoms with Crippen LogP contribution in [0.4, 0.5) is 5.69 Å². The lowest BCUT2D eigenvalue weighted by Crippen LogP contribution is -2.34. The average molecular weight is 301 g/mol. The highest BCUT2D eigenvalue weighted by Crippen LogP contribution is 2.25. The maximum Gasteiger partial charge on any atom is 0.246 e. The number of aromatic nitrogens is 1. The van der Waals surface area contributed by atoms with E-state index in [1.807, 2.05) is 63.1 Å². The largest absolute Gasteiger partial charge is 0.359 e. The molecule has 0 unspecified atom stereocenters. The summed E-state index contributed by atoms with van der Waals surface area (Å²) in [5.41, 5.74) is 2.37. The third-order valence-corrected chi connectivity index (χ3v) is 3.81. The van der Waals surface area contributed by atoms with Gasteiger partial charge in [0.05, 0.1) is 0 Å². The van der Waals surface area contributed by atoms with Crippen LogP contribution in [0.25, 0.3) is 0 Å². The fraction of sp³-hybridized carbons (Fsp3) is 0.412. The van der Waals surface area contributed by atoms with Gasteiger partial charge in [0.2, 0.25) is 5.91 Å². The summed E-state index contributed by atoms with van der Waals surface area (Å²) in [6.07, 6.45) is 0.691. The third-order valence-electron chi connectivity index (χ3n) is 3.81. The van der Waals surface area contributed by atoms with Gasteiger partial charge in [0.1, 0.15) is 17.4 Å². The molecule has 1 heterocycles. The summed E-state index contributed by atoms with van der Waals surface area (Å²) in [5, 5.41) is 6.92. The molecule has 1 amide bonds. The average Bonchev–Trinajstić information content (AvgIpc) is 2.88. The first-order valence-corrected chi connectivity index (χ1v) is 7.59. The number of hydrogen-bond donors (Lipinski definition) is 1. The topological polar surface area (TPSA) is 58.4 Å². The number of benzene rings is 1. The van der Waals surface area contributed by atoms with E-state index < -0.39 is 0 Å². The fourth-order valence-electron chi connectivity index (χ4n) is 2.43. The zero-order valence-corrected chi connectivity index (χ0v) is 13.6. The monoisotopic (exact) mass is 301 g/mol. The first kappa shape index (κ1) is 16.2. The van der Waals surface area contributed by atoms with Gasteiger partial charge in [0.15, 0.2) is 5.76 Å². The number of carbonyl (C=O) groups is 1. The number of hydrogen-bond acceptors (Lipinski definition) is 4. The quantitative estimate of drug-likeness (QED) is 0.890. The Hall–Kier alpha value is -2.14. The number of carbonyl (C=O) groups excluding carboxylic acids is 1. The van der Waals surface area contributed by atoms with Crippen molar-refractivity contribution < 1.29 is 9.32 Å². The van der Waals surface area contributed by atoms with Crippen molar-refractivity contribution in [2.75, 3.05) is 18.9 Å². The molecule has 2 aromatic rings. The molecule has 5 nitrogen and oxygen atoms in total. The van der Waals surface area contributed by atoms with Gasteiger partial charge in [-0.2, -0.15) is 0 Å². The summed E-state index contributed by atoms with van der Waals surface area (Å²) < 4.78 is 5.24. The van der Waals surface area contributed by atoms with Crippen molar-refractivity contribution in [2.45, 2.75) is 33.2 Å². The number of rotatable bonds is 6. The van der Waals surface area contributed by atoms with Crippen LogP contribution in [0.1, 0.15) is 36.9 Å². The zero-order valence-electron chi connectivity index (χ0n) is 13.6. The summed E-state index contributed by atoms with van der Waals surface area (Å²) >= 11 is 0. The molecule has 0 aliphatic heterocycles. The van der Waals surface area contributed by atoms with Crippen molar-refractivity contribution in [1.82, 2.24) is 10.1 Å². The number of nitrogens with zero attached hydrogens (tertiary/aromatic N) is 2. The summed E-state index contributed by atoms with van der Waals surface area (Å²) in [6.45, 7) is 6.61. The van der Waals surface area contributed by atoms with E-state index in [4.69, 9.17) is 4.52 Å². The molecule has 0 aliphatic carbocycles. The first-order chi connectivity index (χ1) is 10.6. The van der Waals surface area contributed by atoms with Crippen LogP contribution in [0.15, 0.2) is 34.9 Å². The Morgan fingerprint density at radius 2 is 2.00 bits per heavy atom. The minimum Gasteiger partial charge on any atom is -0.359 e. The lowest BCUT2D eigenvalue weighted by Gasteiger charge is -2.26. The number of anilines is 1. The fourth-order valence-corrected chi connectivity index (χ4v) is 2.43. The SMILES string of the molecule is CCc1onc(C)c1NC(=O)[C@H](c1ccccc1)N(C)CC. The van der Waals surface area contributed by atoms with Crippen molar-refractivity contribution in [3.63, 3.8) is 0 Å². The van der Waals surface area contributed by atoms with E-state index in [0.29, 0.717) is 23.6 Å². The van der Waals surface area contributed by atoms with Gasteiger partial charge in [0.25, 0.3) is 0 Å². The Labute approximate surface area is 131 Å². The number of aryl methyl sites for hydroxylation is 2. The van der Waals surface area contributed by atoms with E-state index in [9.17, 15) is 4.79 Å². The van der Waals surface area contributed by atoms with Crippen molar-refractivity contribution in [1.29, 1.82) is 0 Å². The molecule has 0 spiro atoms. The van der Waals surface area contributed by atoms with Gasteiger partial charge < -0.3 is 9.84 Å². The molecule has 1 atom stereocenters. The number of nitrogens with one attached hydrogen (secondary N) is 1. The molecule has 0 radical (unpaired) electrons. The lowest BCUT2D eigenvalue weighted by atomic mass is 10.0. The molecular formula is C17H23N3O2. The van der Waals surface area contributed by atoms with Crippen molar-refractivity contribution in [3.8, 4) is 0 Å². The van der Waals surface area contributed by atoms with E-state index >= 15 is 0 Å². The maximum atomic E-state index is 12.8. The van der Waals surface area contributed by atoms with Gasteiger partial charge in [-0.1, -0.05) is 49.3 Å². The van der Waals surface area contributed by atoms with E-state index in [1.165, 1.54) is 0 Å². The molecule has 1 aromatic carbocycles. The number of likely N-dealkylation sites (N-methyl/N-ethyl adjacent to an activating group) is 1. The van der Waals surface area contributed by atoms with E-state index in [-0.39, 0.29) is 11.9 Å². The number of amides is 1. The van der Waals surface area contributed by atoms with Gasteiger partial charge >= 0.3 is 0 Å². The molecule has 0 saturated heterocycles. The van der Waals surface area contributed by atoms with Crippen LogP contribution in [0.2, 0.25) is 0 Å². The van der Waals surface area contributed by atoms with E-state index in [0.717, 1.165) is 12.1 Å². The van der Waals surface area contributed by atoms with Crippen molar-refractivity contribution >= 4 is 11.6 Å². The standard InChI is InChI=1S/C17H23N3O2/c1-5-14-15(12(3)19-22-14)18-17(21)16(20(4)6-2)13-10-8-7-9-11-13/h7-11,16H,5-6H2,1-4H3,(H,18,21)/t16-/m0/s1. The molecular weight excluding hydrogens is 278 g/mol. The van der Waals surface area contributed by atoms with Crippen LogP contribution >= 0.6 is 0 Å². The normalized spacial score (nSPS) is 12.4. The Bertz CT molecular complexity index is 622. The van der Waals surface area contributed by atoms with E-state index in [2.05, 4.69) is 10.5 Å². The molecule has 1 aromatic heterocycles. The Morgan fingerprint density at radius 3 is 2.59 bits per heavy atom. The van der Waals surface area contributed by atoms with Gasteiger partial charge in [-0.15, -0.1) is 0 Å². The van der Waals surface area contributed by atoms with E-state index in [1.54, 1.807) is 0 Å². The molecule has 0 fully saturated rings. The first-order valence-electron chi connectivity index (χ1n) is 7.59. The molecule has 0 aliphatic rings. The molecule has 0 saturated carbocycles. The van der Waals surface area contributed by atoms with Crippen molar-refractivity contribution in [3.05, 3.63) is 47.3 Å².